The molecule has 0 fully saturated rings. The Bertz CT molecular complexity index is 3180. The zero-order valence-corrected chi connectivity index (χ0v) is 38.7. The fourth-order valence-corrected chi connectivity index (χ4v) is 11.6. The summed E-state index contributed by atoms with van der Waals surface area (Å²) in [7, 11) is -2.85. The molecule has 0 aliphatic carbocycles. The number of carbonyl (C=O) groups excluding carboxylic acids is 1. The molecule has 0 spiro atoms. The molecule has 10 rings (SSSR count). The number of fused-ring (bicyclic) bond motifs is 2. The van der Waals surface area contributed by atoms with E-state index < -0.39 is 22.3 Å². The highest BCUT2D eigenvalue weighted by Gasteiger charge is 2.30. The van der Waals surface area contributed by atoms with Crippen molar-refractivity contribution in [1.82, 2.24) is 0 Å². The third-order valence-electron chi connectivity index (χ3n) is 11.5. The van der Waals surface area contributed by atoms with E-state index in [1.165, 1.54) is 5.56 Å². The van der Waals surface area contributed by atoms with Gasteiger partial charge < -0.3 is 18.5 Å². The molecule has 326 valence electrons. The molecule has 0 amide bonds. The molecule has 0 radical (unpaired) electrons. The summed E-state index contributed by atoms with van der Waals surface area (Å²) in [5.74, 6) is 1.33. The maximum atomic E-state index is 15.0. The van der Waals surface area contributed by atoms with E-state index in [9.17, 15) is 0 Å². The molecule has 7 heteroatoms. The zero-order valence-electron chi connectivity index (χ0n) is 36.9. The molecule has 0 aromatic heterocycles. The summed E-state index contributed by atoms with van der Waals surface area (Å²) in [5.41, 5.74) is 5.03. The lowest BCUT2D eigenvalue weighted by Crippen LogP contribution is -2.18. The second kappa shape index (κ2) is 20.3. The third-order valence-corrected chi connectivity index (χ3v) is 15.3. The molecule has 0 N–H and O–H groups in total. The molecule has 0 aliphatic heterocycles. The van der Waals surface area contributed by atoms with E-state index in [4.69, 9.17) is 18.5 Å². The summed E-state index contributed by atoms with van der Waals surface area (Å²) in [6.07, 6.45) is 0. The van der Waals surface area contributed by atoms with Crippen LogP contribution < -0.4 is 35.0 Å². The number of ether oxygens (including phenoxy) is 2. The molecule has 0 saturated heterocycles. The average Bonchev–Trinajstić information content (AvgIpc) is 3.39. The Morgan fingerprint density at radius 2 is 0.896 bits per heavy atom. The van der Waals surface area contributed by atoms with Gasteiger partial charge in [-0.25, -0.2) is 4.79 Å². The minimum atomic E-state index is -1.51. The Hall–Kier alpha value is -7.55. The van der Waals surface area contributed by atoms with Crippen LogP contribution in [0.15, 0.2) is 237 Å². The van der Waals surface area contributed by atoms with Gasteiger partial charge in [0, 0.05) is 32.3 Å². The molecule has 0 saturated carbocycles. The van der Waals surface area contributed by atoms with Gasteiger partial charge in [-0.3, -0.25) is 0 Å². The van der Waals surface area contributed by atoms with Gasteiger partial charge in [-0.1, -0.05) is 218 Å². The molecule has 10 aromatic carbocycles. The molecule has 0 bridgehead atoms. The first-order chi connectivity index (χ1) is 33.1. The third kappa shape index (κ3) is 9.86. The lowest BCUT2D eigenvalue weighted by molar-refractivity contribution is 0.0471. The number of hydrogen-bond acceptors (Lipinski definition) is 5. The number of carbonyl (C=O) groups is 1. The SMILES string of the molecule is Cc1ccc(COc2ccc(COC(=O)c3cc4ccccc4c(-c4c(OP(c5ccccc5)c5ccccc5)ccc5ccccc45)c3OP(c3ccccc3)c3ccccc3)cc2)cc1. The number of hydrogen-bond donors (Lipinski definition) is 0. The summed E-state index contributed by atoms with van der Waals surface area (Å²) >= 11 is 0. The van der Waals surface area contributed by atoms with Crippen LogP contribution in [0.5, 0.6) is 17.2 Å². The Balaban J connectivity index is 1.12. The number of esters is 1. The van der Waals surface area contributed by atoms with Gasteiger partial charge in [-0.15, -0.1) is 0 Å². The summed E-state index contributed by atoms with van der Waals surface area (Å²) in [5, 5.41) is 7.91. The van der Waals surface area contributed by atoms with E-state index in [2.05, 4.69) is 134 Å². The number of benzene rings is 10. The van der Waals surface area contributed by atoms with Gasteiger partial charge in [-0.05, 0) is 63.9 Å². The van der Waals surface area contributed by atoms with Gasteiger partial charge in [0.1, 0.15) is 36.0 Å². The minimum absolute atomic E-state index is 0.0475. The fraction of sp³-hybridized carbons (Fsp3) is 0.0500. The molecule has 10 aromatic rings. The minimum Gasteiger partial charge on any atom is -0.489 e. The van der Waals surface area contributed by atoms with Crippen molar-refractivity contribution in [2.75, 3.05) is 0 Å². The fourth-order valence-electron chi connectivity index (χ4n) is 8.12. The van der Waals surface area contributed by atoms with Crippen molar-refractivity contribution >= 4 is 65.0 Å². The molecular formula is C60H46O5P2. The van der Waals surface area contributed by atoms with E-state index in [-0.39, 0.29) is 6.61 Å². The van der Waals surface area contributed by atoms with E-state index in [0.717, 1.165) is 70.8 Å². The van der Waals surface area contributed by atoms with E-state index in [1.807, 2.05) is 109 Å². The summed E-state index contributed by atoms with van der Waals surface area (Å²) in [4.78, 5) is 15.0. The van der Waals surface area contributed by atoms with E-state index in [0.29, 0.717) is 23.7 Å². The Morgan fingerprint density at radius 3 is 1.46 bits per heavy atom. The molecule has 0 atom stereocenters. The molecule has 67 heavy (non-hydrogen) atoms. The van der Waals surface area contributed by atoms with Crippen LogP contribution in [0.25, 0.3) is 32.7 Å². The van der Waals surface area contributed by atoms with Crippen LogP contribution in [0.3, 0.4) is 0 Å². The van der Waals surface area contributed by atoms with Crippen molar-refractivity contribution in [3.63, 3.8) is 0 Å². The second-order valence-electron chi connectivity index (χ2n) is 16.1. The molecule has 5 nitrogen and oxygen atoms in total. The number of aryl methyl sites for hydroxylation is 1. The van der Waals surface area contributed by atoms with Gasteiger partial charge in [0.15, 0.2) is 16.3 Å². The topological polar surface area (TPSA) is 54.0 Å². The Kier molecular flexibility index (Phi) is 13.1. The molecular weight excluding hydrogens is 863 g/mol. The van der Waals surface area contributed by atoms with Gasteiger partial charge in [0.2, 0.25) is 0 Å². The van der Waals surface area contributed by atoms with Crippen molar-refractivity contribution in [2.45, 2.75) is 20.1 Å². The predicted molar refractivity (Wildman–Crippen MR) is 277 cm³/mol. The molecule has 0 aliphatic rings. The predicted octanol–water partition coefficient (Wildman–Crippen LogP) is 13.8. The highest BCUT2D eigenvalue weighted by molar-refractivity contribution is 7.69. The monoisotopic (exact) mass is 908 g/mol. The van der Waals surface area contributed by atoms with Crippen LogP contribution in [0.4, 0.5) is 0 Å². The second-order valence-corrected chi connectivity index (χ2v) is 19.7. The summed E-state index contributed by atoms with van der Waals surface area (Å²) in [6.45, 7) is 2.58. The first-order valence-corrected chi connectivity index (χ1v) is 24.8. The normalized spacial score (nSPS) is 11.2. The van der Waals surface area contributed by atoms with E-state index in [1.54, 1.807) is 0 Å². The van der Waals surface area contributed by atoms with Crippen LogP contribution in [0, 0.1) is 6.92 Å². The Morgan fingerprint density at radius 1 is 0.433 bits per heavy atom. The molecule has 0 unspecified atom stereocenters. The highest BCUT2D eigenvalue weighted by atomic mass is 31.1. The maximum absolute atomic E-state index is 15.0. The van der Waals surface area contributed by atoms with Crippen molar-refractivity contribution in [2.24, 2.45) is 0 Å². The standard InChI is InChI=1S/C60H46O5P2/c1-43-30-32-44(33-31-43)41-62-48-37-34-45(35-38-48)42-63-60(61)55-40-47-19-15-17-29-54(47)58(59(55)65-67(51-24-10-4-11-25-51)52-26-12-5-13-27-52)57-53-28-16-14-18-46(53)36-39-56(57)64-66(49-20-6-2-7-21-49)50-22-8-3-9-23-50/h2-40H,41-42H2,1H3. The van der Waals surface area contributed by atoms with Gasteiger partial charge in [0.25, 0.3) is 0 Å². The molecule has 0 heterocycles. The van der Waals surface area contributed by atoms with Crippen LogP contribution in [0.1, 0.15) is 27.0 Å². The highest BCUT2D eigenvalue weighted by Crippen LogP contribution is 2.53. The average molecular weight is 909 g/mol. The quantitative estimate of drug-likeness (QED) is 0.0758. The lowest BCUT2D eigenvalue weighted by atomic mass is 9.90. The van der Waals surface area contributed by atoms with Crippen molar-refractivity contribution in [3.8, 4) is 28.4 Å². The first kappa shape index (κ1) is 43.3. The van der Waals surface area contributed by atoms with E-state index >= 15 is 4.79 Å². The number of rotatable bonds is 15. The van der Waals surface area contributed by atoms with Crippen LogP contribution in [0.2, 0.25) is 0 Å². The smallest absolute Gasteiger partial charge is 0.342 e. The summed E-state index contributed by atoms with van der Waals surface area (Å²) in [6, 6.07) is 79.8. The lowest BCUT2D eigenvalue weighted by Gasteiger charge is -2.27. The largest absolute Gasteiger partial charge is 0.489 e. The first-order valence-electron chi connectivity index (χ1n) is 22.2. The van der Waals surface area contributed by atoms with Crippen LogP contribution in [-0.2, 0) is 18.0 Å². The Labute approximate surface area is 393 Å². The van der Waals surface area contributed by atoms with Crippen molar-refractivity contribution in [3.05, 3.63) is 259 Å². The summed E-state index contributed by atoms with van der Waals surface area (Å²) < 4.78 is 27.3. The maximum Gasteiger partial charge on any atom is 0.342 e. The van der Waals surface area contributed by atoms with Crippen LogP contribution >= 0.6 is 16.3 Å². The van der Waals surface area contributed by atoms with Crippen molar-refractivity contribution in [1.29, 1.82) is 0 Å². The van der Waals surface area contributed by atoms with Gasteiger partial charge >= 0.3 is 5.97 Å². The van der Waals surface area contributed by atoms with Gasteiger partial charge in [0.05, 0.1) is 0 Å². The van der Waals surface area contributed by atoms with Crippen molar-refractivity contribution < 1.29 is 23.3 Å². The zero-order chi connectivity index (χ0) is 45.4. The van der Waals surface area contributed by atoms with Crippen LogP contribution in [-0.4, -0.2) is 5.97 Å². The van der Waals surface area contributed by atoms with Gasteiger partial charge in [-0.2, -0.15) is 0 Å².